The van der Waals surface area contributed by atoms with Gasteiger partial charge in [0.25, 0.3) is 0 Å². The summed E-state index contributed by atoms with van der Waals surface area (Å²) in [7, 11) is 0. The van der Waals surface area contributed by atoms with Crippen LogP contribution in [0.15, 0.2) is 48.6 Å². The predicted molar refractivity (Wildman–Crippen MR) is 108 cm³/mol. The first kappa shape index (κ1) is 20.2. The van der Waals surface area contributed by atoms with Crippen LogP contribution in [0.1, 0.15) is 41.5 Å². The highest BCUT2D eigenvalue weighted by Crippen LogP contribution is 2.35. The Morgan fingerprint density at radius 1 is 0.607 bits per heavy atom. The van der Waals surface area contributed by atoms with Gasteiger partial charge >= 0.3 is 12.2 Å². The average molecular weight is 386 g/mol. The molecule has 3 aliphatic heterocycles. The molecule has 2 amide bonds. The molecule has 3 aliphatic rings. The standard InChI is InChI=1S/C22H30N2O4/c1-21(2,3)27-19(25)23-15-11-7-8-12-16(23)18-14-10-9-13-17(15)24(18)20(26)28-22(4,5)6/h7-18H,1-6H3/t15-,16-,17-,18-/m0/s1. The normalized spacial score (nSPS) is 28.6. The van der Waals surface area contributed by atoms with Crippen molar-refractivity contribution in [1.82, 2.24) is 9.80 Å². The molecule has 3 rings (SSSR count). The molecule has 28 heavy (non-hydrogen) atoms. The maximum Gasteiger partial charge on any atom is 0.411 e. The van der Waals surface area contributed by atoms with E-state index < -0.39 is 11.2 Å². The van der Waals surface area contributed by atoms with Crippen molar-refractivity contribution in [1.29, 1.82) is 0 Å². The Morgan fingerprint density at radius 3 is 1.07 bits per heavy atom. The highest BCUT2D eigenvalue weighted by molar-refractivity contribution is 5.75. The van der Waals surface area contributed by atoms with Gasteiger partial charge in [-0.25, -0.2) is 9.59 Å². The topological polar surface area (TPSA) is 59.1 Å². The summed E-state index contributed by atoms with van der Waals surface area (Å²) >= 11 is 0. The molecule has 0 aromatic heterocycles. The molecule has 1 fully saturated rings. The van der Waals surface area contributed by atoms with Gasteiger partial charge in [-0.1, -0.05) is 48.6 Å². The van der Waals surface area contributed by atoms with E-state index in [1.807, 2.05) is 90.2 Å². The van der Waals surface area contributed by atoms with Gasteiger partial charge in [-0.3, -0.25) is 9.80 Å². The lowest BCUT2D eigenvalue weighted by molar-refractivity contribution is -0.0405. The Kier molecular flexibility index (Phi) is 5.17. The number of amides is 2. The minimum Gasteiger partial charge on any atom is -0.444 e. The predicted octanol–water partition coefficient (Wildman–Crippen LogP) is 4.20. The van der Waals surface area contributed by atoms with Crippen LogP contribution in [0.4, 0.5) is 9.59 Å². The van der Waals surface area contributed by atoms with Crippen LogP contribution in [-0.4, -0.2) is 57.4 Å². The number of fused-ring (bicyclic) bond motifs is 6. The van der Waals surface area contributed by atoms with Crippen LogP contribution in [-0.2, 0) is 9.47 Å². The van der Waals surface area contributed by atoms with E-state index in [0.717, 1.165) is 0 Å². The molecule has 0 aromatic rings. The third-order valence-electron chi connectivity index (χ3n) is 4.65. The number of hydrogen-bond acceptors (Lipinski definition) is 4. The van der Waals surface area contributed by atoms with Crippen LogP contribution in [0.2, 0.25) is 0 Å². The van der Waals surface area contributed by atoms with Crippen molar-refractivity contribution in [3.05, 3.63) is 48.6 Å². The summed E-state index contributed by atoms with van der Waals surface area (Å²) in [5, 5.41) is 0. The molecule has 0 N–H and O–H groups in total. The van der Waals surface area contributed by atoms with Gasteiger partial charge in [-0.15, -0.1) is 0 Å². The molecule has 4 bridgehead atoms. The molecule has 6 nitrogen and oxygen atoms in total. The highest BCUT2D eigenvalue weighted by atomic mass is 16.6. The first-order chi connectivity index (χ1) is 13.0. The van der Waals surface area contributed by atoms with E-state index >= 15 is 0 Å². The van der Waals surface area contributed by atoms with Crippen LogP contribution in [0.25, 0.3) is 0 Å². The van der Waals surface area contributed by atoms with Crippen LogP contribution >= 0.6 is 0 Å². The van der Waals surface area contributed by atoms with Gasteiger partial charge in [0.15, 0.2) is 0 Å². The van der Waals surface area contributed by atoms with Crippen LogP contribution in [0.5, 0.6) is 0 Å². The molecule has 1 saturated heterocycles. The third-order valence-corrected chi connectivity index (χ3v) is 4.65. The zero-order valence-electron chi connectivity index (χ0n) is 17.5. The molecule has 6 heteroatoms. The van der Waals surface area contributed by atoms with Crippen LogP contribution in [0, 0.1) is 0 Å². The second kappa shape index (κ2) is 7.15. The smallest absolute Gasteiger partial charge is 0.411 e. The average Bonchev–Trinajstić information content (AvgIpc) is 2.80. The van der Waals surface area contributed by atoms with E-state index in [-0.39, 0.29) is 36.4 Å². The van der Waals surface area contributed by atoms with Crippen molar-refractivity contribution in [3.8, 4) is 0 Å². The first-order valence-corrected chi connectivity index (χ1v) is 9.70. The molecule has 0 saturated carbocycles. The number of allylic oxidation sites excluding steroid dienone is 4. The van der Waals surface area contributed by atoms with Crippen molar-refractivity contribution in [2.45, 2.75) is 76.9 Å². The summed E-state index contributed by atoms with van der Waals surface area (Å²) in [5.74, 6) is 0. The zero-order valence-corrected chi connectivity index (χ0v) is 17.5. The van der Waals surface area contributed by atoms with E-state index in [1.165, 1.54) is 0 Å². The summed E-state index contributed by atoms with van der Waals surface area (Å²) in [6.45, 7) is 11.1. The van der Waals surface area contributed by atoms with Crippen molar-refractivity contribution in [2.24, 2.45) is 0 Å². The minimum absolute atomic E-state index is 0.352. The number of piperazine rings is 1. The fraction of sp³-hybridized carbons (Fsp3) is 0.545. The third kappa shape index (κ3) is 4.16. The monoisotopic (exact) mass is 386 g/mol. The molecule has 0 spiro atoms. The Bertz CT molecular complexity index is 651. The molecule has 4 atom stereocenters. The van der Waals surface area contributed by atoms with Crippen molar-refractivity contribution in [3.63, 3.8) is 0 Å². The fourth-order valence-corrected chi connectivity index (χ4v) is 3.71. The second-order valence-electron chi connectivity index (χ2n) is 9.28. The SMILES string of the molecule is CC(C)(C)OC(=O)N1[C@H]2C=CC=C[C@H]1[C@@H]1C=CC=C[C@@H]2N1C(=O)OC(C)(C)C. The molecule has 0 unspecified atom stereocenters. The Hall–Kier alpha value is -2.50. The minimum atomic E-state index is -0.604. The van der Waals surface area contributed by atoms with E-state index in [2.05, 4.69) is 0 Å². The number of carbonyl (C=O) groups excluding carboxylic acids is 2. The summed E-state index contributed by atoms with van der Waals surface area (Å²) in [6, 6.07) is -1.41. The summed E-state index contributed by atoms with van der Waals surface area (Å²) < 4.78 is 11.4. The molecule has 0 aliphatic carbocycles. The largest absolute Gasteiger partial charge is 0.444 e. The van der Waals surface area contributed by atoms with E-state index in [0.29, 0.717) is 0 Å². The number of rotatable bonds is 0. The summed E-state index contributed by atoms with van der Waals surface area (Å²) in [5.41, 5.74) is -1.21. The molecule has 0 aromatic carbocycles. The summed E-state index contributed by atoms with van der Waals surface area (Å²) in [6.07, 6.45) is 14.7. The van der Waals surface area contributed by atoms with Gasteiger partial charge in [0.2, 0.25) is 0 Å². The molecular formula is C22H30N2O4. The van der Waals surface area contributed by atoms with Crippen molar-refractivity contribution >= 4 is 12.2 Å². The van der Waals surface area contributed by atoms with Crippen LogP contribution in [0.3, 0.4) is 0 Å². The molecule has 0 radical (unpaired) electrons. The lowest BCUT2D eigenvalue weighted by Crippen LogP contribution is -2.69. The lowest BCUT2D eigenvalue weighted by Gasteiger charge is -2.51. The quantitative estimate of drug-likeness (QED) is 0.626. The highest BCUT2D eigenvalue weighted by Gasteiger charge is 2.51. The van der Waals surface area contributed by atoms with Crippen molar-refractivity contribution < 1.29 is 19.1 Å². The Labute approximate surface area is 167 Å². The molecular weight excluding hydrogens is 356 g/mol. The van der Waals surface area contributed by atoms with E-state index in [4.69, 9.17) is 9.47 Å². The zero-order chi connectivity index (χ0) is 20.7. The Morgan fingerprint density at radius 2 is 0.857 bits per heavy atom. The lowest BCUT2D eigenvalue weighted by atomic mass is 9.93. The van der Waals surface area contributed by atoms with Gasteiger partial charge in [0, 0.05) is 0 Å². The van der Waals surface area contributed by atoms with Gasteiger partial charge in [-0.05, 0) is 41.5 Å². The number of ether oxygens (including phenoxy) is 2. The van der Waals surface area contributed by atoms with E-state index in [9.17, 15) is 9.59 Å². The summed E-state index contributed by atoms with van der Waals surface area (Å²) in [4.78, 5) is 29.6. The first-order valence-electron chi connectivity index (χ1n) is 9.70. The number of hydrogen-bond donors (Lipinski definition) is 0. The van der Waals surface area contributed by atoms with Gasteiger partial charge in [0.05, 0.1) is 24.2 Å². The number of nitrogens with zero attached hydrogens (tertiary/aromatic N) is 2. The second-order valence-corrected chi connectivity index (χ2v) is 9.28. The van der Waals surface area contributed by atoms with Gasteiger partial charge in [-0.2, -0.15) is 0 Å². The van der Waals surface area contributed by atoms with Gasteiger partial charge in [0.1, 0.15) is 11.2 Å². The maximum atomic E-state index is 13.1. The molecule has 152 valence electrons. The fourth-order valence-electron chi connectivity index (χ4n) is 3.71. The van der Waals surface area contributed by atoms with Crippen LogP contribution < -0.4 is 0 Å². The molecule has 3 heterocycles. The van der Waals surface area contributed by atoms with Crippen molar-refractivity contribution in [2.75, 3.05) is 0 Å². The van der Waals surface area contributed by atoms with E-state index in [1.54, 1.807) is 9.80 Å². The van der Waals surface area contributed by atoms with Gasteiger partial charge < -0.3 is 9.47 Å². The maximum absolute atomic E-state index is 13.1. The number of carbonyl (C=O) groups is 2. The Balaban J connectivity index is 2.02.